The summed E-state index contributed by atoms with van der Waals surface area (Å²) in [6, 6.07) is 2.01. The molecule has 2 aromatic rings. The van der Waals surface area contributed by atoms with E-state index in [0.29, 0.717) is 17.5 Å². The van der Waals surface area contributed by atoms with Crippen LogP contribution in [0.1, 0.15) is 16.1 Å². The van der Waals surface area contributed by atoms with Crippen LogP contribution in [0.3, 0.4) is 0 Å². The van der Waals surface area contributed by atoms with Gasteiger partial charge in [-0.05, 0) is 12.1 Å². The molecule has 9 nitrogen and oxygen atoms in total. The summed E-state index contributed by atoms with van der Waals surface area (Å²) in [6.45, 7) is 0. The van der Waals surface area contributed by atoms with Gasteiger partial charge in [-0.15, -0.1) is 0 Å². The molecule has 0 aliphatic rings. The molecule has 1 aromatic carbocycles. The summed E-state index contributed by atoms with van der Waals surface area (Å²) in [6.07, 6.45) is 4.04. The van der Waals surface area contributed by atoms with Gasteiger partial charge in [0.1, 0.15) is 12.3 Å². The second-order valence-corrected chi connectivity index (χ2v) is 4.60. The van der Waals surface area contributed by atoms with Gasteiger partial charge in [-0.3, -0.25) is 9.59 Å². The summed E-state index contributed by atoms with van der Waals surface area (Å²) in [5.74, 6) is -0.661. The van der Waals surface area contributed by atoms with Crippen molar-refractivity contribution >= 4 is 12.3 Å². The fraction of sp³-hybridized carbons (Fsp3) is 0.267. The van der Waals surface area contributed by atoms with Gasteiger partial charge in [0, 0.05) is 18.2 Å². The summed E-state index contributed by atoms with van der Waals surface area (Å²) in [7, 11) is 2.81. The summed E-state index contributed by atoms with van der Waals surface area (Å²) in [4.78, 5) is 27.3. The first-order valence-electron chi connectivity index (χ1n) is 6.79. The highest BCUT2D eigenvalue weighted by Crippen LogP contribution is 2.36. The molecular formula is C15H19N3O6. The predicted octanol–water partition coefficient (Wildman–Crippen LogP) is 0.586. The number of phenols is 1. The number of nitrogens with zero attached hydrogens (tertiary/aromatic N) is 1. The van der Waals surface area contributed by atoms with Crippen LogP contribution < -0.4 is 15.2 Å². The average molecular weight is 337 g/mol. The third kappa shape index (κ3) is 5.29. The lowest BCUT2D eigenvalue weighted by atomic mass is 10.2. The average Bonchev–Trinajstić information content (AvgIpc) is 3.08. The van der Waals surface area contributed by atoms with Crippen LogP contribution >= 0.6 is 0 Å². The number of benzene rings is 1. The first-order valence-corrected chi connectivity index (χ1v) is 6.79. The molecule has 0 fully saturated rings. The highest BCUT2D eigenvalue weighted by molar-refractivity contribution is 5.78. The van der Waals surface area contributed by atoms with Gasteiger partial charge in [0.2, 0.25) is 5.75 Å². The molecule has 0 bridgehead atoms. The van der Waals surface area contributed by atoms with Crippen LogP contribution in [0.4, 0.5) is 0 Å². The Morgan fingerprint density at radius 1 is 1.38 bits per heavy atom. The topological polar surface area (TPSA) is 148 Å². The zero-order chi connectivity index (χ0) is 18.1. The maximum Gasteiger partial charge on any atom is 0.320 e. The van der Waals surface area contributed by atoms with E-state index in [1.807, 2.05) is 0 Å². The first kappa shape index (κ1) is 19.0. The SMILES string of the molecule is COc1cc(C=O)cc(OC)c1O.NC(Cc1c[nH]cn1)C(=O)O. The predicted molar refractivity (Wildman–Crippen MR) is 84.5 cm³/mol. The maximum absolute atomic E-state index is 10.5. The molecule has 2 rings (SSSR count). The Morgan fingerprint density at radius 2 is 1.96 bits per heavy atom. The number of aromatic nitrogens is 2. The number of aromatic hydroxyl groups is 1. The number of hydrogen-bond acceptors (Lipinski definition) is 7. The molecule has 1 atom stereocenters. The van der Waals surface area contributed by atoms with Gasteiger partial charge in [-0.25, -0.2) is 4.98 Å². The number of aliphatic carboxylic acids is 1. The third-order valence-corrected chi connectivity index (χ3v) is 2.94. The number of nitrogens with two attached hydrogens (primary N) is 1. The third-order valence-electron chi connectivity index (χ3n) is 2.94. The summed E-state index contributed by atoms with van der Waals surface area (Å²) in [5, 5.41) is 17.9. The van der Waals surface area contributed by atoms with E-state index in [1.165, 1.54) is 32.7 Å². The van der Waals surface area contributed by atoms with Gasteiger partial charge in [0.15, 0.2) is 11.5 Å². The molecule has 130 valence electrons. The monoisotopic (exact) mass is 337 g/mol. The summed E-state index contributed by atoms with van der Waals surface area (Å²) in [5.41, 5.74) is 6.32. The van der Waals surface area contributed by atoms with Gasteiger partial charge in [-0.2, -0.15) is 0 Å². The summed E-state index contributed by atoms with van der Waals surface area (Å²) < 4.78 is 9.68. The standard InChI is InChI=1S/C9H10O4.C6H9N3O2/c1-12-7-3-6(5-10)4-8(13-2)9(7)11;7-5(6(10)11)1-4-2-8-3-9-4/h3-5,11H,1-2H3;2-3,5H,1,7H2,(H,8,9)(H,10,11). The molecule has 0 saturated carbocycles. The lowest BCUT2D eigenvalue weighted by molar-refractivity contribution is -0.138. The molecule has 0 spiro atoms. The number of nitrogens with one attached hydrogen (secondary N) is 1. The highest BCUT2D eigenvalue weighted by atomic mass is 16.5. The Kier molecular flexibility index (Phi) is 7.24. The quantitative estimate of drug-likeness (QED) is 0.560. The van der Waals surface area contributed by atoms with Crippen molar-refractivity contribution in [3.8, 4) is 17.2 Å². The zero-order valence-corrected chi connectivity index (χ0v) is 13.2. The number of phenolic OH excluding ortho intramolecular Hbond substituents is 1. The van der Waals surface area contributed by atoms with Crippen molar-refractivity contribution in [1.82, 2.24) is 9.97 Å². The van der Waals surface area contributed by atoms with Crippen LogP contribution in [-0.4, -0.2) is 52.7 Å². The molecule has 0 aliphatic heterocycles. The van der Waals surface area contributed by atoms with Crippen molar-refractivity contribution in [2.75, 3.05) is 14.2 Å². The Hall–Kier alpha value is -3.07. The molecular weight excluding hydrogens is 318 g/mol. The number of imidazole rings is 1. The van der Waals surface area contributed by atoms with E-state index in [9.17, 15) is 14.7 Å². The first-order chi connectivity index (χ1) is 11.4. The van der Waals surface area contributed by atoms with Crippen LogP contribution in [0.2, 0.25) is 0 Å². The van der Waals surface area contributed by atoms with Crippen molar-refractivity contribution in [2.45, 2.75) is 12.5 Å². The van der Waals surface area contributed by atoms with Gasteiger partial charge < -0.3 is 30.4 Å². The summed E-state index contributed by atoms with van der Waals surface area (Å²) >= 11 is 0. The lowest BCUT2D eigenvalue weighted by Crippen LogP contribution is -2.32. The number of methoxy groups -OCH3 is 2. The van der Waals surface area contributed by atoms with E-state index in [2.05, 4.69) is 9.97 Å². The number of aromatic amines is 1. The van der Waals surface area contributed by atoms with Gasteiger partial charge in [0.25, 0.3) is 0 Å². The smallest absolute Gasteiger partial charge is 0.320 e. The molecule has 1 unspecified atom stereocenters. The number of hydrogen-bond donors (Lipinski definition) is 4. The Labute approximate surface area is 138 Å². The largest absolute Gasteiger partial charge is 0.502 e. The number of aldehydes is 1. The number of carbonyl (C=O) groups excluding carboxylic acids is 1. The van der Waals surface area contributed by atoms with E-state index < -0.39 is 12.0 Å². The molecule has 0 amide bonds. The van der Waals surface area contributed by atoms with Crippen LogP contribution in [0.25, 0.3) is 0 Å². The van der Waals surface area contributed by atoms with E-state index in [4.69, 9.17) is 20.3 Å². The maximum atomic E-state index is 10.5. The number of carboxylic acids is 1. The Morgan fingerprint density at radius 3 is 2.33 bits per heavy atom. The van der Waals surface area contributed by atoms with E-state index in [1.54, 1.807) is 6.20 Å². The number of H-pyrrole nitrogens is 1. The van der Waals surface area contributed by atoms with E-state index in [0.717, 1.165) is 0 Å². The van der Waals surface area contributed by atoms with Crippen molar-refractivity contribution in [1.29, 1.82) is 0 Å². The van der Waals surface area contributed by atoms with Crippen LogP contribution in [0.15, 0.2) is 24.7 Å². The molecule has 1 aromatic heterocycles. The van der Waals surface area contributed by atoms with Crippen molar-refractivity contribution in [3.63, 3.8) is 0 Å². The fourth-order valence-electron chi connectivity index (χ4n) is 1.70. The Bertz CT molecular complexity index is 647. The minimum atomic E-state index is -1.01. The zero-order valence-electron chi connectivity index (χ0n) is 13.2. The van der Waals surface area contributed by atoms with E-state index in [-0.39, 0.29) is 23.7 Å². The molecule has 0 aliphatic carbocycles. The molecule has 1 heterocycles. The van der Waals surface area contributed by atoms with Gasteiger partial charge in [-0.1, -0.05) is 0 Å². The molecule has 0 radical (unpaired) electrons. The highest BCUT2D eigenvalue weighted by Gasteiger charge is 2.12. The lowest BCUT2D eigenvalue weighted by Gasteiger charge is -2.08. The van der Waals surface area contributed by atoms with E-state index >= 15 is 0 Å². The van der Waals surface area contributed by atoms with Crippen LogP contribution in [0, 0.1) is 0 Å². The van der Waals surface area contributed by atoms with Gasteiger partial charge >= 0.3 is 5.97 Å². The second-order valence-electron chi connectivity index (χ2n) is 4.60. The normalized spacial score (nSPS) is 11.0. The van der Waals surface area contributed by atoms with Crippen molar-refractivity contribution in [3.05, 3.63) is 35.9 Å². The second kappa shape index (κ2) is 9.16. The van der Waals surface area contributed by atoms with Crippen molar-refractivity contribution in [2.24, 2.45) is 5.73 Å². The number of carboxylic acid groups (broad SMARTS) is 1. The van der Waals surface area contributed by atoms with Gasteiger partial charge in [0.05, 0.1) is 26.2 Å². The Balaban J connectivity index is 0.000000243. The number of rotatable bonds is 6. The van der Waals surface area contributed by atoms with Crippen LogP contribution in [-0.2, 0) is 11.2 Å². The fourth-order valence-corrected chi connectivity index (χ4v) is 1.70. The van der Waals surface area contributed by atoms with Crippen LogP contribution in [0.5, 0.6) is 17.2 Å². The molecule has 9 heteroatoms. The molecule has 24 heavy (non-hydrogen) atoms. The number of carbonyl (C=O) groups is 2. The number of ether oxygens (including phenoxy) is 2. The molecule has 0 saturated heterocycles. The van der Waals surface area contributed by atoms with Crippen molar-refractivity contribution < 1.29 is 29.3 Å². The molecule has 5 N–H and O–H groups in total. The minimum Gasteiger partial charge on any atom is -0.502 e. The minimum absolute atomic E-state index is 0.101.